The zero-order valence-corrected chi connectivity index (χ0v) is 16.2. The van der Waals surface area contributed by atoms with Gasteiger partial charge in [0, 0.05) is 23.5 Å². The third-order valence-electron chi connectivity index (χ3n) is 6.52. The van der Waals surface area contributed by atoms with Crippen molar-refractivity contribution in [2.75, 3.05) is 0 Å². The second-order valence-corrected chi connectivity index (χ2v) is 8.05. The standard InChI is InChI=1S/C21H28O5/c1-6-11(2)9-15(23)26-20-16-12(3)10-25-19(16)18(24)17-14(22)8-7-13(4)21(17,20)5/h9-10,13,17-18,20,24H,6-8H2,1-5H3/t13-,17+,18+,20+,21+/m0/s1. The summed E-state index contributed by atoms with van der Waals surface area (Å²) in [5.41, 5.74) is 1.82. The summed E-state index contributed by atoms with van der Waals surface area (Å²) in [7, 11) is 0. The number of ketones is 1. The number of carbonyl (C=O) groups is 2. The molecule has 2 aliphatic carbocycles. The van der Waals surface area contributed by atoms with Gasteiger partial charge in [-0.05, 0) is 38.2 Å². The number of esters is 1. The van der Waals surface area contributed by atoms with Gasteiger partial charge >= 0.3 is 5.97 Å². The number of aliphatic hydroxyl groups excluding tert-OH is 1. The summed E-state index contributed by atoms with van der Waals surface area (Å²) in [6.45, 7) is 9.78. The lowest BCUT2D eigenvalue weighted by Crippen LogP contribution is -2.53. The topological polar surface area (TPSA) is 76.7 Å². The number of aryl methyl sites for hydroxylation is 1. The smallest absolute Gasteiger partial charge is 0.331 e. The van der Waals surface area contributed by atoms with Crippen LogP contribution in [0.5, 0.6) is 0 Å². The van der Waals surface area contributed by atoms with Gasteiger partial charge in [-0.2, -0.15) is 0 Å². The molecular formula is C21H28O5. The Bertz CT molecular complexity index is 758. The molecule has 0 spiro atoms. The van der Waals surface area contributed by atoms with Gasteiger partial charge in [0.05, 0.1) is 12.2 Å². The lowest BCUT2D eigenvalue weighted by molar-refractivity contribution is -0.180. The molecule has 1 heterocycles. The first-order valence-electron chi connectivity index (χ1n) is 9.38. The van der Waals surface area contributed by atoms with Crippen LogP contribution < -0.4 is 0 Å². The molecule has 5 heteroatoms. The molecule has 1 fully saturated rings. The molecule has 0 bridgehead atoms. The van der Waals surface area contributed by atoms with Gasteiger partial charge in [-0.25, -0.2) is 4.79 Å². The second-order valence-electron chi connectivity index (χ2n) is 8.05. The molecule has 0 saturated heterocycles. The van der Waals surface area contributed by atoms with Gasteiger partial charge in [-0.1, -0.05) is 26.3 Å². The molecule has 0 amide bonds. The zero-order chi connectivity index (χ0) is 19.2. The van der Waals surface area contributed by atoms with Gasteiger partial charge in [-0.3, -0.25) is 4.79 Å². The molecule has 3 rings (SSSR count). The highest BCUT2D eigenvalue weighted by Crippen LogP contribution is 2.61. The Morgan fingerprint density at radius 2 is 2.19 bits per heavy atom. The molecule has 0 radical (unpaired) electrons. The van der Waals surface area contributed by atoms with Gasteiger partial charge in [0.2, 0.25) is 0 Å². The van der Waals surface area contributed by atoms with Crippen LogP contribution in [0.3, 0.4) is 0 Å². The number of hydrogen-bond acceptors (Lipinski definition) is 5. The lowest BCUT2D eigenvalue weighted by atomic mass is 9.53. The predicted molar refractivity (Wildman–Crippen MR) is 96.3 cm³/mol. The van der Waals surface area contributed by atoms with E-state index in [4.69, 9.17) is 9.15 Å². The first-order valence-corrected chi connectivity index (χ1v) is 9.38. The van der Waals surface area contributed by atoms with Crippen molar-refractivity contribution < 1.29 is 23.8 Å². The Labute approximate surface area is 154 Å². The fourth-order valence-corrected chi connectivity index (χ4v) is 4.56. The SMILES string of the molecule is CCC(C)=CC(=O)O[C@@H]1c2c(C)coc2[C@H](O)[C@H]2C(=O)CC[C@H](C)[C@@]12C. The molecule has 142 valence electrons. The molecule has 2 aliphatic rings. The van der Waals surface area contributed by atoms with E-state index in [0.29, 0.717) is 17.7 Å². The monoisotopic (exact) mass is 360 g/mol. The van der Waals surface area contributed by atoms with Crippen molar-refractivity contribution in [3.63, 3.8) is 0 Å². The Morgan fingerprint density at radius 1 is 1.50 bits per heavy atom. The summed E-state index contributed by atoms with van der Waals surface area (Å²) >= 11 is 0. The Morgan fingerprint density at radius 3 is 2.85 bits per heavy atom. The van der Waals surface area contributed by atoms with Crippen LogP contribution >= 0.6 is 0 Å². The highest BCUT2D eigenvalue weighted by Gasteiger charge is 2.61. The maximum absolute atomic E-state index is 12.7. The number of fused-ring (bicyclic) bond motifs is 2. The van der Waals surface area contributed by atoms with Gasteiger partial charge in [0.1, 0.15) is 23.8 Å². The largest absolute Gasteiger partial charge is 0.466 e. The zero-order valence-electron chi connectivity index (χ0n) is 16.2. The van der Waals surface area contributed by atoms with Crippen LogP contribution in [-0.4, -0.2) is 16.9 Å². The summed E-state index contributed by atoms with van der Waals surface area (Å²) < 4.78 is 11.5. The molecule has 1 N–H and O–H groups in total. The van der Waals surface area contributed by atoms with Crippen molar-refractivity contribution in [1.82, 2.24) is 0 Å². The van der Waals surface area contributed by atoms with Gasteiger partial charge in [0.25, 0.3) is 0 Å². The molecular weight excluding hydrogens is 332 g/mol. The number of allylic oxidation sites excluding steroid dienone is 1. The Balaban J connectivity index is 2.12. The van der Waals surface area contributed by atoms with Crippen LogP contribution in [0.4, 0.5) is 0 Å². The van der Waals surface area contributed by atoms with Crippen molar-refractivity contribution in [3.8, 4) is 0 Å². The van der Waals surface area contributed by atoms with Gasteiger partial charge in [0.15, 0.2) is 0 Å². The van der Waals surface area contributed by atoms with Crippen molar-refractivity contribution >= 4 is 11.8 Å². The number of aliphatic hydroxyl groups is 1. The third kappa shape index (κ3) is 2.73. The summed E-state index contributed by atoms with van der Waals surface area (Å²) in [5, 5.41) is 10.9. The summed E-state index contributed by atoms with van der Waals surface area (Å²) in [4.78, 5) is 25.2. The summed E-state index contributed by atoms with van der Waals surface area (Å²) in [6.07, 6.45) is 3.39. The third-order valence-corrected chi connectivity index (χ3v) is 6.52. The van der Waals surface area contributed by atoms with Crippen molar-refractivity contribution in [1.29, 1.82) is 0 Å². The lowest BCUT2D eigenvalue weighted by Gasteiger charge is -2.53. The Hall–Kier alpha value is -1.88. The highest BCUT2D eigenvalue weighted by atomic mass is 16.5. The fraction of sp³-hybridized carbons (Fsp3) is 0.619. The summed E-state index contributed by atoms with van der Waals surface area (Å²) in [5.74, 6) is -0.544. The second kappa shape index (κ2) is 6.69. The van der Waals surface area contributed by atoms with Gasteiger partial charge in [-0.15, -0.1) is 0 Å². The van der Waals surface area contributed by atoms with E-state index in [1.54, 1.807) is 6.26 Å². The van der Waals surface area contributed by atoms with E-state index in [1.807, 2.05) is 27.7 Å². The maximum atomic E-state index is 12.7. The molecule has 0 aliphatic heterocycles. The van der Waals surface area contributed by atoms with Gasteiger partial charge < -0.3 is 14.3 Å². The van der Waals surface area contributed by atoms with Crippen LogP contribution in [0.15, 0.2) is 22.3 Å². The van der Waals surface area contributed by atoms with E-state index < -0.39 is 29.5 Å². The average Bonchev–Trinajstić information content (AvgIpc) is 2.97. The highest BCUT2D eigenvalue weighted by molar-refractivity contribution is 5.85. The molecule has 1 aromatic rings. The van der Waals surface area contributed by atoms with E-state index in [9.17, 15) is 14.7 Å². The molecule has 5 nitrogen and oxygen atoms in total. The maximum Gasteiger partial charge on any atom is 0.331 e. The number of carbonyl (C=O) groups excluding carboxylic acids is 2. The van der Waals surface area contributed by atoms with E-state index in [2.05, 4.69) is 6.92 Å². The number of Topliss-reactive ketones (excluding diaryl/α,β-unsaturated/α-hetero) is 1. The minimum Gasteiger partial charge on any atom is -0.466 e. The quantitative estimate of drug-likeness (QED) is 0.646. The van der Waals surface area contributed by atoms with E-state index in [-0.39, 0.29) is 11.7 Å². The van der Waals surface area contributed by atoms with E-state index in [0.717, 1.165) is 24.0 Å². The molecule has 0 aromatic carbocycles. The molecule has 26 heavy (non-hydrogen) atoms. The number of rotatable bonds is 3. The average molecular weight is 360 g/mol. The van der Waals surface area contributed by atoms with Crippen LogP contribution in [0, 0.1) is 24.2 Å². The van der Waals surface area contributed by atoms with Crippen LogP contribution in [0.2, 0.25) is 0 Å². The molecule has 5 atom stereocenters. The molecule has 1 aromatic heterocycles. The number of furan rings is 1. The minimum atomic E-state index is -0.998. The first-order chi connectivity index (χ1) is 12.2. The Kier molecular flexibility index (Phi) is 4.86. The minimum absolute atomic E-state index is 0.0131. The van der Waals surface area contributed by atoms with Crippen molar-refractivity contribution in [2.45, 2.75) is 66.1 Å². The first kappa shape index (κ1) is 18.9. The normalized spacial score (nSPS) is 34.2. The molecule has 1 saturated carbocycles. The molecule has 0 unspecified atom stereocenters. The predicted octanol–water partition coefficient (Wildman–Crippen LogP) is 4.20. The van der Waals surface area contributed by atoms with E-state index in [1.165, 1.54) is 6.08 Å². The number of ether oxygens (including phenoxy) is 1. The van der Waals surface area contributed by atoms with Crippen LogP contribution in [0.25, 0.3) is 0 Å². The van der Waals surface area contributed by atoms with Crippen LogP contribution in [0.1, 0.15) is 76.1 Å². The van der Waals surface area contributed by atoms with Crippen molar-refractivity contribution in [2.24, 2.45) is 17.3 Å². The fourth-order valence-electron chi connectivity index (χ4n) is 4.56. The van der Waals surface area contributed by atoms with Crippen LogP contribution in [-0.2, 0) is 14.3 Å². The number of hydrogen-bond donors (Lipinski definition) is 1. The van der Waals surface area contributed by atoms with E-state index >= 15 is 0 Å². The van der Waals surface area contributed by atoms with Crippen molar-refractivity contribution in [3.05, 3.63) is 34.8 Å². The summed E-state index contributed by atoms with van der Waals surface area (Å²) in [6, 6.07) is 0.